The Morgan fingerprint density at radius 2 is 1.75 bits per heavy atom. The Bertz CT molecular complexity index is 698. The molecule has 0 aliphatic carbocycles. The molecule has 154 valence electrons. The first-order valence-electron chi connectivity index (χ1n) is 9.89. The highest BCUT2D eigenvalue weighted by molar-refractivity contribution is 6.08. The van der Waals surface area contributed by atoms with Crippen LogP contribution in [-0.2, 0) is 16.0 Å². The van der Waals surface area contributed by atoms with Crippen molar-refractivity contribution in [2.24, 2.45) is 0 Å². The molecular weight excluding hydrogens is 358 g/mol. The van der Waals surface area contributed by atoms with Crippen LogP contribution in [0.1, 0.15) is 45.6 Å². The molecule has 1 heterocycles. The molecule has 1 N–H and O–H groups in total. The van der Waals surface area contributed by atoms with Crippen LogP contribution in [0.15, 0.2) is 24.3 Å². The van der Waals surface area contributed by atoms with Crippen LogP contribution >= 0.6 is 0 Å². The Morgan fingerprint density at radius 1 is 1.14 bits per heavy atom. The normalized spacial score (nSPS) is 18.9. The first-order chi connectivity index (χ1) is 13.3. The Balaban J connectivity index is 2.01. The largest absolute Gasteiger partial charge is 0.497 e. The maximum Gasteiger partial charge on any atom is 0.325 e. The van der Waals surface area contributed by atoms with E-state index in [1.807, 2.05) is 38.1 Å². The zero-order chi connectivity index (χ0) is 20.7. The number of benzene rings is 1. The van der Waals surface area contributed by atoms with Gasteiger partial charge in [0.1, 0.15) is 17.8 Å². The van der Waals surface area contributed by atoms with Crippen molar-refractivity contribution < 1.29 is 19.1 Å². The minimum Gasteiger partial charge on any atom is -0.497 e. The summed E-state index contributed by atoms with van der Waals surface area (Å²) in [6.45, 7) is 6.77. The van der Waals surface area contributed by atoms with Crippen molar-refractivity contribution in [3.63, 3.8) is 0 Å². The number of aryl methyl sites for hydroxylation is 1. The summed E-state index contributed by atoms with van der Waals surface area (Å²) in [5.74, 6) is 0.243. The number of methoxy groups -OCH3 is 1. The Morgan fingerprint density at radius 3 is 2.29 bits per heavy atom. The van der Waals surface area contributed by atoms with Gasteiger partial charge < -0.3 is 15.0 Å². The van der Waals surface area contributed by atoms with Gasteiger partial charge in [0.15, 0.2) is 0 Å². The first-order valence-corrected chi connectivity index (χ1v) is 9.89. The number of urea groups is 1. The standard InChI is InChI=1S/C21H31N3O4/c1-5-13-23(14-6-2)18(25)15-24-19(26)21(3,22-20(24)27)12-11-16-7-9-17(28-4)10-8-16/h7-10H,5-6,11-15H2,1-4H3,(H,22,27)/t21-/m1/s1. The number of amides is 4. The molecule has 0 saturated carbocycles. The summed E-state index contributed by atoms with van der Waals surface area (Å²) in [7, 11) is 1.61. The van der Waals surface area contributed by atoms with E-state index in [0.29, 0.717) is 25.9 Å². The van der Waals surface area contributed by atoms with Crippen molar-refractivity contribution >= 4 is 17.8 Å². The van der Waals surface area contributed by atoms with Crippen LogP contribution in [0.2, 0.25) is 0 Å². The van der Waals surface area contributed by atoms with Crippen LogP contribution < -0.4 is 10.1 Å². The van der Waals surface area contributed by atoms with Crippen LogP contribution in [-0.4, -0.2) is 59.9 Å². The second-order valence-electron chi connectivity index (χ2n) is 7.38. The fraction of sp³-hybridized carbons (Fsp3) is 0.571. The predicted molar refractivity (Wildman–Crippen MR) is 107 cm³/mol. The summed E-state index contributed by atoms with van der Waals surface area (Å²) in [5, 5.41) is 2.77. The molecule has 1 aromatic carbocycles. The molecule has 0 unspecified atom stereocenters. The molecule has 0 bridgehead atoms. The van der Waals surface area contributed by atoms with Gasteiger partial charge in [-0.3, -0.25) is 14.5 Å². The number of ether oxygens (including phenoxy) is 1. The first kappa shape index (κ1) is 21.7. The maximum atomic E-state index is 12.9. The van der Waals surface area contributed by atoms with Gasteiger partial charge in [-0.2, -0.15) is 0 Å². The summed E-state index contributed by atoms with van der Waals surface area (Å²) >= 11 is 0. The van der Waals surface area contributed by atoms with Crippen LogP contribution in [0.4, 0.5) is 4.79 Å². The highest BCUT2D eigenvalue weighted by Gasteiger charge is 2.48. The predicted octanol–water partition coefficient (Wildman–Crippen LogP) is 2.59. The monoisotopic (exact) mass is 389 g/mol. The van der Waals surface area contributed by atoms with Crippen molar-refractivity contribution in [2.75, 3.05) is 26.7 Å². The summed E-state index contributed by atoms with van der Waals surface area (Å²) in [6, 6.07) is 7.13. The fourth-order valence-corrected chi connectivity index (χ4v) is 3.38. The van der Waals surface area contributed by atoms with Gasteiger partial charge >= 0.3 is 6.03 Å². The van der Waals surface area contributed by atoms with Gasteiger partial charge in [-0.05, 0) is 50.3 Å². The molecule has 4 amide bonds. The van der Waals surface area contributed by atoms with Crippen LogP contribution in [0.5, 0.6) is 5.75 Å². The zero-order valence-electron chi connectivity index (χ0n) is 17.3. The van der Waals surface area contributed by atoms with E-state index < -0.39 is 11.6 Å². The molecule has 0 aromatic heterocycles. The Labute approximate surface area is 167 Å². The molecule has 1 aliphatic rings. The van der Waals surface area contributed by atoms with E-state index in [4.69, 9.17) is 4.74 Å². The average Bonchev–Trinajstić information content (AvgIpc) is 2.90. The van der Waals surface area contributed by atoms with Gasteiger partial charge in [-0.1, -0.05) is 26.0 Å². The van der Waals surface area contributed by atoms with E-state index in [1.165, 1.54) is 0 Å². The fourth-order valence-electron chi connectivity index (χ4n) is 3.38. The Kier molecular flexibility index (Phi) is 7.43. The second-order valence-corrected chi connectivity index (χ2v) is 7.38. The van der Waals surface area contributed by atoms with Gasteiger partial charge in [-0.25, -0.2) is 4.79 Å². The summed E-state index contributed by atoms with van der Waals surface area (Å²) in [6.07, 6.45) is 2.77. The smallest absolute Gasteiger partial charge is 0.325 e. The zero-order valence-corrected chi connectivity index (χ0v) is 17.3. The van der Waals surface area contributed by atoms with E-state index in [2.05, 4.69) is 5.32 Å². The second kappa shape index (κ2) is 9.57. The number of carbonyl (C=O) groups is 3. The van der Waals surface area contributed by atoms with Gasteiger partial charge in [0, 0.05) is 13.1 Å². The topological polar surface area (TPSA) is 79.0 Å². The molecule has 1 aliphatic heterocycles. The molecule has 1 atom stereocenters. The minimum absolute atomic E-state index is 0.188. The number of imide groups is 1. The van der Waals surface area contributed by atoms with Crippen LogP contribution in [0.3, 0.4) is 0 Å². The van der Waals surface area contributed by atoms with Gasteiger partial charge in [0.2, 0.25) is 5.91 Å². The highest BCUT2D eigenvalue weighted by Crippen LogP contribution is 2.24. The number of nitrogens with zero attached hydrogens (tertiary/aromatic N) is 2. The van der Waals surface area contributed by atoms with Crippen LogP contribution in [0, 0.1) is 0 Å². The molecule has 7 heteroatoms. The Hall–Kier alpha value is -2.57. The lowest BCUT2D eigenvalue weighted by molar-refractivity contribution is -0.138. The molecule has 1 aromatic rings. The lowest BCUT2D eigenvalue weighted by atomic mass is 9.93. The highest BCUT2D eigenvalue weighted by atomic mass is 16.5. The van der Waals surface area contributed by atoms with Crippen molar-refractivity contribution in [2.45, 2.75) is 52.0 Å². The molecular formula is C21H31N3O4. The quantitative estimate of drug-likeness (QED) is 0.624. The van der Waals surface area contributed by atoms with Crippen molar-refractivity contribution in [1.29, 1.82) is 0 Å². The minimum atomic E-state index is -1.00. The van der Waals surface area contributed by atoms with Crippen molar-refractivity contribution in [3.8, 4) is 5.75 Å². The molecule has 2 rings (SSSR count). The lowest BCUT2D eigenvalue weighted by Gasteiger charge is -2.24. The molecule has 0 spiro atoms. The van der Waals surface area contributed by atoms with E-state index in [9.17, 15) is 14.4 Å². The summed E-state index contributed by atoms with van der Waals surface area (Å²) in [5.41, 5.74) is 0.0492. The van der Waals surface area contributed by atoms with E-state index >= 15 is 0 Å². The number of hydrogen-bond acceptors (Lipinski definition) is 4. The van der Waals surface area contributed by atoms with Gasteiger partial charge in [0.05, 0.1) is 7.11 Å². The molecule has 1 fully saturated rings. The molecule has 0 radical (unpaired) electrons. The number of carbonyl (C=O) groups excluding carboxylic acids is 3. The number of nitrogens with one attached hydrogen (secondary N) is 1. The maximum absolute atomic E-state index is 12.9. The van der Waals surface area contributed by atoms with Crippen molar-refractivity contribution in [1.82, 2.24) is 15.1 Å². The number of rotatable bonds is 10. The van der Waals surface area contributed by atoms with Crippen molar-refractivity contribution in [3.05, 3.63) is 29.8 Å². The third-order valence-electron chi connectivity index (χ3n) is 5.05. The van der Waals surface area contributed by atoms with Gasteiger partial charge in [0.25, 0.3) is 5.91 Å². The van der Waals surface area contributed by atoms with E-state index in [0.717, 1.165) is 29.1 Å². The van der Waals surface area contributed by atoms with Gasteiger partial charge in [-0.15, -0.1) is 0 Å². The van der Waals surface area contributed by atoms with E-state index in [1.54, 1.807) is 18.9 Å². The molecule has 7 nitrogen and oxygen atoms in total. The SMILES string of the molecule is CCCN(CCC)C(=O)CN1C(=O)N[C@](C)(CCc2ccc(OC)cc2)C1=O. The third-order valence-corrected chi connectivity index (χ3v) is 5.05. The molecule has 1 saturated heterocycles. The average molecular weight is 389 g/mol. The molecule has 28 heavy (non-hydrogen) atoms. The third kappa shape index (κ3) is 5.03. The van der Waals surface area contributed by atoms with E-state index in [-0.39, 0.29) is 18.4 Å². The summed E-state index contributed by atoms with van der Waals surface area (Å²) < 4.78 is 5.15. The van der Waals surface area contributed by atoms with Crippen LogP contribution in [0.25, 0.3) is 0 Å². The number of hydrogen-bond donors (Lipinski definition) is 1. The summed E-state index contributed by atoms with van der Waals surface area (Å²) in [4.78, 5) is 40.6. The lowest BCUT2D eigenvalue weighted by Crippen LogP contribution is -2.46.